The average molecular weight is 398 g/mol. The zero-order valence-electron chi connectivity index (χ0n) is 14.9. The second kappa shape index (κ2) is 7.71. The number of fused-ring (bicyclic) bond motifs is 1. The lowest BCUT2D eigenvalue weighted by atomic mass is 10.1. The Morgan fingerprint density at radius 1 is 1.11 bits per heavy atom. The lowest BCUT2D eigenvalue weighted by Gasteiger charge is -2.10. The first-order chi connectivity index (χ1) is 13.3. The van der Waals surface area contributed by atoms with Crippen molar-refractivity contribution in [1.82, 2.24) is 0 Å². The summed E-state index contributed by atoms with van der Waals surface area (Å²) in [5.41, 5.74) is 1.13. The van der Waals surface area contributed by atoms with E-state index in [1.807, 2.05) is 0 Å². The predicted octanol–water partition coefficient (Wildman–Crippen LogP) is 2.85. The number of phenolic OH excluding ortho intramolecular Hbond substituents is 1. The van der Waals surface area contributed by atoms with Gasteiger partial charge in [-0.15, -0.1) is 0 Å². The van der Waals surface area contributed by atoms with Crippen LogP contribution < -0.4 is 15.2 Å². The van der Waals surface area contributed by atoms with Gasteiger partial charge in [0.25, 0.3) is 0 Å². The van der Waals surface area contributed by atoms with E-state index in [1.54, 1.807) is 48.5 Å². The fourth-order valence-electron chi connectivity index (χ4n) is 2.78. The molecule has 3 aromatic carbocycles. The Hall–Kier alpha value is -3.36. The number of aromatic hydroxyl groups is 1. The molecule has 0 aliphatic rings. The number of sulfonamides is 1. The third-order valence-corrected chi connectivity index (χ3v) is 5.05. The Balaban J connectivity index is 1.88. The van der Waals surface area contributed by atoms with E-state index in [2.05, 4.69) is 5.32 Å². The van der Waals surface area contributed by atoms with Crippen molar-refractivity contribution >= 4 is 38.5 Å². The topological polar surface area (TPSA) is 119 Å². The summed E-state index contributed by atoms with van der Waals surface area (Å²) in [6, 6.07) is 14.3. The van der Waals surface area contributed by atoms with Gasteiger partial charge in [-0.3, -0.25) is 4.79 Å². The van der Waals surface area contributed by atoms with Crippen molar-refractivity contribution in [2.75, 3.05) is 12.4 Å². The van der Waals surface area contributed by atoms with E-state index in [4.69, 9.17) is 9.88 Å². The van der Waals surface area contributed by atoms with Gasteiger partial charge in [0, 0.05) is 22.5 Å². The molecule has 0 saturated heterocycles. The zero-order chi connectivity index (χ0) is 20.3. The van der Waals surface area contributed by atoms with Crippen LogP contribution in [0.5, 0.6) is 11.5 Å². The number of nitrogens with two attached hydrogens (primary N) is 1. The molecule has 8 heteroatoms. The number of primary sulfonamides is 1. The van der Waals surface area contributed by atoms with Crippen LogP contribution in [0.15, 0.2) is 65.6 Å². The van der Waals surface area contributed by atoms with Crippen molar-refractivity contribution in [2.24, 2.45) is 5.14 Å². The number of amides is 1. The number of hydrogen-bond donors (Lipinski definition) is 3. The van der Waals surface area contributed by atoms with Crippen molar-refractivity contribution in [2.45, 2.75) is 4.90 Å². The molecule has 0 bridgehead atoms. The van der Waals surface area contributed by atoms with Crippen LogP contribution in [0, 0.1) is 0 Å². The smallest absolute Gasteiger partial charge is 0.248 e. The highest BCUT2D eigenvalue weighted by molar-refractivity contribution is 7.89. The summed E-state index contributed by atoms with van der Waals surface area (Å²) < 4.78 is 28.6. The summed E-state index contributed by atoms with van der Waals surface area (Å²) in [7, 11) is -2.45. The summed E-state index contributed by atoms with van der Waals surface area (Å²) in [5.74, 6) is -0.0989. The third-order valence-electron chi connectivity index (χ3n) is 4.08. The van der Waals surface area contributed by atoms with Crippen LogP contribution in [0.1, 0.15) is 5.56 Å². The Morgan fingerprint density at radius 2 is 1.82 bits per heavy atom. The monoisotopic (exact) mass is 398 g/mol. The molecule has 0 radical (unpaired) electrons. The molecule has 0 saturated carbocycles. The fraction of sp³-hybridized carbons (Fsp3) is 0.0500. The molecule has 3 aromatic rings. The van der Waals surface area contributed by atoms with E-state index in [0.717, 1.165) is 0 Å². The van der Waals surface area contributed by atoms with E-state index < -0.39 is 15.9 Å². The molecule has 28 heavy (non-hydrogen) atoms. The quantitative estimate of drug-likeness (QED) is 0.571. The minimum absolute atomic E-state index is 0.00511. The molecule has 3 rings (SSSR count). The lowest BCUT2D eigenvalue weighted by Crippen LogP contribution is -2.13. The number of carbonyl (C=O) groups excluding carboxylic acids is 1. The Morgan fingerprint density at radius 3 is 2.54 bits per heavy atom. The maximum Gasteiger partial charge on any atom is 0.248 e. The van der Waals surface area contributed by atoms with Gasteiger partial charge in [0.05, 0.1) is 12.0 Å². The molecule has 1 amide bonds. The van der Waals surface area contributed by atoms with Crippen molar-refractivity contribution in [3.8, 4) is 11.5 Å². The van der Waals surface area contributed by atoms with Gasteiger partial charge < -0.3 is 15.2 Å². The minimum Gasteiger partial charge on any atom is -0.504 e. The van der Waals surface area contributed by atoms with Crippen LogP contribution in [-0.2, 0) is 14.8 Å². The number of benzene rings is 3. The zero-order valence-corrected chi connectivity index (χ0v) is 15.7. The van der Waals surface area contributed by atoms with Crippen LogP contribution in [0.3, 0.4) is 0 Å². The van der Waals surface area contributed by atoms with Gasteiger partial charge in [0.15, 0.2) is 11.5 Å². The molecule has 0 aliphatic carbocycles. The van der Waals surface area contributed by atoms with Crippen LogP contribution in [0.4, 0.5) is 5.69 Å². The van der Waals surface area contributed by atoms with Gasteiger partial charge in [0.2, 0.25) is 15.9 Å². The largest absolute Gasteiger partial charge is 0.504 e. The highest BCUT2D eigenvalue weighted by atomic mass is 32.2. The Bertz CT molecular complexity index is 1190. The average Bonchev–Trinajstić information content (AvgIpc) is 2.66. The number of hydrogen-bond acceptors (Lipinski definition) is 5. The van der Waals surface area contributed by atoms with E-state index in [-0.39, 0.29) is 10.6 Å². The van der Waals surface area contributed by atoms with Crippen LogP contribution >= 0.6 is 0 Å². The van der Waals surface area contributed by atoms with E-state index in [1.165, 1.54) is 25.3 Å². The van der Waals surface area contributed by atoms with E-state index >= 15 is 0 Å². The third kappa shape index (κ3) is 4.13. The summed E-state index contributed by atoms with van der Waals surface area (Å²) >= 11 is 0. The number of carbonyl (C=O) groups is 1. The van der Waals surface area contributed by atoms with Crippen molar-refractivity contribution in [1.29, 1.82) is 0 Å². The van der Waals surface area contributed by atoms with Crippen molar-refractivity contribution < 1.29 is 23.1 Å². The Labute approximate surface area is 162 Å². The molecule has 7 nitrogen and oxygen atoms in total. The number of phenols is 1. The molecule has 0 aliphatic heterocycles. The second-order valence-corrected chi connectivity index (χ2v) is 7.49. The van der Waals surface area contributed by atoms with Gasteiger partial charge in [-0.05, 0) is 35.9 Å². The number of rotatable bonds is 5. The summed E-state index contributed by atoms with van der Waals surface area (Å²) in [4.78, 5) is 12.3. The number of nitrogens with one attached hydrogen (secondary N) is 1. The van der Waals surface area contributed by atoms with Gasteiger partial charge in [-0.25, -0.2) is 13.6 Å². The summed E-state index contributed by atoms with van der Waals surface area (Å²) in [6.45, 7) is 0. The predicted molar refractivity (Wildman–Crippen MR) is 108 cm³/mol. The molecule has 0 spiro atoms. The lowest BCUT2D eigenvalue weighted by molar-refractivity contribution is -0.111. The number of methoxy groups -OCH3 is 1. The molecular formula is C20H18N2O5S. The fourth-order valence-corrected chi connectivity index (χ4v) is 3.54. The van der Waals surface area contributed by atoms with Crippen molar-refractivity contribution in [3.05, 3.63) is 66.2 Å². The van der Waals surface area contributed by atoms with E-state index in [9.17, 15) is 18.3 Å². The first kappa shape index (κ1) is 19.4. The normalized spacial score (nSPS) is 11.6. The van der Waals surface area contributed by atoms with Gasteiger partial charge in [-0.1, -0.05) is 30.3 Å². The molecule has 0 atom stereocenters. The molecule has 0 heterocycles. The van der Waals surface area contributed by atoms with Crippen molar-refractivity contribution in [3.63, 3.8) is 0 Å². The second-order valence-electron chi connectivity index (χ2n) is 5.96. The SMILES string of the molecule is COc1cc(/C=C/C(=O)Nc2cccc3c(S(N)(=O)=O)cccc23)ccc1O. The molecular weight excluding hydrogens is 380 g/mol. The summed E-state index contributed by atoms with van der Waals surface area (Å²) in [5, 5.41) is 18.6. The van der Waals surface area contributed by atoms with Crippen LogP contribution in [0.25, 0.3) is 16.8 Å². The van der Waals surface area contributed by atoms with Gasteiger partial charge >= 0.3 is 0 Å². The standard InChI is InChI=1S/C20H18N2O5S/c1-27-18-12-13(8-10-17(18)23)9-11-20(24)22-16-6-2-5-15-14(16)4-3-7-19(15)28(21,25)26/h2-12,23H,1H3,(H,22,24)(H2,21,25,26)/b11-9+. The molecule has 0 unspecified atom stereocenters. The first-order valence-electron chi connectivity index (χ1n) is 8.20. The van der Waals surface area contributed by atoms with Crippen LogP contribution in [0.2, 0.25) is 0 Å². The first-order valence-corrected chi connectivity index (χ1v) is 9.75. The molecule has 4 N–H and O–H groups in total. The highest BCUT2D eigenvalue weighted by Gasteiger charge is 2.14. The van der Waals surface area contributed by atoms with Gasteiger partial charge in [0.1, 0.15) is 0 Å². The number of ether oxygens (including phenoxy) is 1. The molecule has 0 aromatic heterocycles. The number of anilines is 1. The molecule has 0 fully saturated rings. The van der Waals surface area contributed by atoms with E-state index in [0.29, 0.717) is 27.8 Å². The maximum absolute atomic E-state index is 12.3. The summed E-state index contributed by atoms with van der Waals surface area (Å²) in [6.07, 6.45) is 2.90. The molecule has 144 valence electrons. The highest BCUT2D eigenvalue weighted by Crippen LogP contribution is 2.29. The van der Waals surface area contributed by atoms with Crippen LogP contribution in [-0.4, -0.2) is 26.5 Å². The van der Waals surface area contributed by atoms with Gasteiger partial charge in [-0.2, -0.15) is 0 Å². The minimum atomic E-state index is -3.89. The Kier molecular flexibility index (Phi) is 5.34. The maximum atomic E-state index is 12.3.